The van der Waals surface area contributed by atoms with Gasteiger partial charge in [-0.1, -0.05) is 6.07 Å². The minimum absolute atomic E-state index is 0.0735. The van der Waals surface area contributed by atoms with Crippen molar-refractivity contribution in [3.8, 4) is 11.6 Å². The van der Waals surface area contributed by atoms with Crippen LogP contribution in [-0.2, 0) is 4.74 Å². The van der Waals surface area contributed by atoms with Gasteiger partial charge in [-0.2, -0.15) is 5.10 Å². The number of hydrogen-bond donors (Lipinski definition) is 2. The molecule has 11 nitrogen and oxygen atoms in total. The molecule has 0 fully saturated rings. The standard InChI is InChI=1S/C21H22N6O5/c1-21(2,3)32-20(28)24-15-12-31-17-11-13(5-6-14(15)17)23-19-16(27(29)30)7-8-18(25-19)26-10-4-9-22-26/h4-11,15H,12H2,1-3H3,(H,23,25)(H,24,28)/t15-/m0/s1. The van der Waals surface area contributed by atoms with E-state index in [4.69, 9.17) is 9.47 Å². The molecule has 166 valence electrons. The van der Waals surface area contributed by atoms with Gasteiger partial charge >= 0.3 is 11.8 Å². The quantitative estimate of drug-likeness (QED) is 0.453. The Balaban J connectivity index is 1.55. The number of anilines is 2. The summed E-state index contributed by atoms with van der Waals surface area (Å²) in [5, 5.41) is 21.3. The molecule has 0 unspecified atom stereocenters. The Morgan fingerprint density at radius 3 is 2.81 bits per heavy atom. The maximum atomic E-state index is 12.1. The Morgan fingerprint density at radius 1 is 1.31 bits per heavy atom. The third-order valence-corrected chi connectivity index (χ3v) is 4.54. The fraction of sp³-hybridized carbons (Fsp3) is 0.286. The molecule has 0 bridgehead atoms. The molecule has 0 saturated carbocycles. The van der Waals surface area contributed by atoms with Crippen LogP contribution in [-0.4, -0.2) is 38.0 Å². The minimum Gasteiger partial charge on any atom is -0.491 e. The van der Waals surface area contributed by atoms with Gasteiger partial charge in [0.25, 0.3) is 0 Å². The smallest absolute Gasteiger partial charge is 0.408 e. The van der Waals surface area contributed by atoms with Gasteiger partial charge in [-0.3, -0.25) is 10.1 Å². The van der Waals surface area contributed by atoms with Crippen LogP contribution in [0.2, 0.25) is 0 Å². The number of benzene rings is 1. The van der Waals surface area contributed by atoms with E-state index < -0.39 is 16.6 Å². The van der Waals surface area contributed by atoms with Crippen LogP contribution in [0.15, 0.2) is 48.8 Å². The molecular formula is C21H22N6O5. The predicted molar refractivity (Wildman–Crippen MR) is 115 cm³/mol. The second-order valence-corrected chi connectivity index (χ2v) is 8.13. The van der Waals surface area contributed by atoms with Crippen molar-refractivity contribution < 1.29 is 19.2 Å². The average Bonchev–Trinajstić information content (AvgIpc) is 3.37. The first kappa shape index (κ1) is 21.1. The number of amides is 1. The van der Waals surface area contributed by atoms with Crippen molar-refractivity contribution in [3.63, 3.8) is 0 Å². The summed E-state index contributed by atoms with van der Waals surface area (Å²) in [6.45, 7) is 5.62. The Labute approximate surface area is 183 Å². The van der Waals surface area contributed by atoms with Crippen molar-refractivity contribution in [2.45, 2.75) is 32.4 Å². The third kappa shape index (κ3) is 4.61. The van der Waals surface area contributed by atoms with Crippen molar-refractivity contribution in [2.75, 3.05) is 11.9 Å². The maximum absolute atomic E-state index is 12.1. The van der Waals surface area contributed by atoms with Gasteiger partial charge in [0.15, 0.2) is 5.82 Å². The summed E-state index contributed by atoms with van der Waals surface area (Å²) in [5.41, 5.74) is 0.558. The van der Waals surface area contributed by atoms with Crippen LogP contribution in [0.1, 0.15) is 32.4 Å². The zero-order valence-corrected chi connectivity index (χ0v) is 17.7. The van der Waals surface area contributed by atoms with E-state index >= 15 is 0 Å². The molecule has 2 aromatic heterocycles. The van der Waals surface area contributed by atoms with E-state index in [1.807, 2.05) is 0 Å². The fourth-order valence-electron chi connectivity index (χ4n) is 3.21. The van der Waals surface area contributed by atoms with Gasteiger partial charge in [-0.15, -0.1) is 0 Å². The first-order valence-electron chi connectivity index (χ1n) is 9.88. The Kier molecular flexibility index (Phi) is 5.39. The summed E-state index contributed by atoms with van der Waals surface area (Å²) >= 11 is 0. The van der Waals surface area contributed by atoms with Gasteiger partial charge in [0.05, 0.1) is 11.0 Å². The highest BCUT2D eigenvalue weighted by Crippen LogP contribution is 2.36. The number of nitro groups is 1. The van der Waals surface area contributed by atoms with Crippen LogP contribution >= 0.6 is 0 Å². The molecule has 3 aromatic rings. The molecule has 2 N–H and O–H groups in total. The van der Waals surface area contributed by atoms with Gasteiger partial charge in [0.1, 0.15) is 18.0 Å². The molecule has 0 aliphatic carbocycles. The number of alkyl carbamates (subject to hydrolysis) is 1. The fourth-order valence-corrected chi connectivity index (χ4v) is 3.21. The molecule has 32 heavy (non-hydrogen) atoms. The average molecular weight is 438 g/mol. The molecule has 0 saturated heterocycles. The van der Waals surface area contributed by atoms with Crippen LogP contribution in [0.3, 0.4) is 0 Å². The van der Waals surface area contributed by atoms with Crippen molar-refractivity contribution in [3.05, 3.63) is 64.5 Å². The zero-order valence-electron chi connectivity index (χ0n) is 17.7. The number of nitrogens with zero attached hydrogens (tertiary/aromatic N) is 4. The highest BCUT2D eigenvalue weighted by atomic mass is 16.6. The molecule has 0 radical (unpaired) electrons. The molecule has 1 atom stereocenters. The third-order valence-electron chi connectivity index (χ3n) is 4.54. The SMILES string of the molecule is CC(C)(C)OC(=O)N[C@H]1COc2cc(Nc3nc(-n4cccn4)ccc3[N+](=O)[O-])ccc21. The number of hydrogen-bond acceptors (Lipinski definition) is 8. The molecule has 1 amide bonds. The van der Waals surface area contributed by atoms with E-state index in [-0.39, 0.29) is 24.2 Å². The number of pyridine rings is 1. The second-order valence-electron chi connectivity index (χ2n) is 8.13. The summed E-state index contributed by atoms with van der Waals surface area (Å²) < 4.78 is 12.5. The van der Waals surface area contributed by atoms with Gasteiger partial charge in [0.2, 0.25) is 5.82 Å². The lowest BCUT2D eigenvalue weighted by Crippen LogP contribution is -2.35. The lowest BCUT2D eigenvalue weighted by molar-refractivity contribution is -0.384. The summed E-state index contributed by atoms with van der Waals surface area (Å²) in [6, 6.07) is 9.50. The summed E-state index contributed by atoms with van der Waals surface area (Å²) in [6.07, 6.45) is 2.76. The van der Waals surface area contributed by atoms with Crippen LogP contribution in [0, 0.1) is 10.1 Å². The van der Waals surface area contributed by atoms with Crippen molar-refractivity contribution >= 4 is 23.3 Å². The summed E-state index contributed by atoms with van der Waals surface area (Å²) in [7, 11) is 0. The van der Waals surface area contributed by atoms with Gasteiger partial charge in [-0.05, 0) is 39.0 Å². The predicted octanol–water partition coefficient (Wildman–Crippen LogP) is 3.88. The highest BCUT2D eigenvalue weighted by molar-refractivity contribution is 5.71. The van der Waals surface area contributed by atoms with Crippen LogP contribution in [0.5, 0.6) is 5.75 Å². The molecule has 4 rings (SSSR count). The van der Waals surface area contributed by atoms with Crippen LogP contribution in [0.25, 0.3) is 5.82 Å². The van der Waals surface area contributed by atoms with Gasteiger partial charge < -0.3 is 20.1 Å². The Morgan fingerprint density at radius 2 is 2.12 bits per heavy atom. The number of rotatable bonds is 5. The summed E-state index contributed by atoms with van der Waals surface area (Å²) in [5.74, 6) is 1.06. The van der Waals surface area contributed by atoms with E-state index in [2.05, 4.69) is 20.7 Å². The Hall–Kier alpha value is -4.15. The first-order valence-corrected chi connectivity index (χ1v) is 9.88. The number of aromatic nitrogens is 3. The number of carbonyl (C=O) groups is 1. The topological polar surface area (TPSA) is 133 Å². The minimum atomic E-state index is -0.605. The lowest BCUT2D eigenvalue weighted by atomic mass is 10.1. The van der Waals surface area contributed by atoms with E-state index in [1.165, 1.54) is 16.8 Å². The number of fused-ring (bicyclic) bond motifs is 1. The molecule has 11 heteroatoms. The lowest BCUT2D eigenvalue weighted by Gasteiger charge is -2.21. The molecule has 0 spiro atoms. The van der Waals surface area contributed by atoms with E-state index in [9.17, 15) is 14.9 Å². The molecule has 3 heterocycles. The van der Waals surface area contributed by atoms with Crippen LogP contribution < -0.4 is 15.4 Å². The first-order chi connectivity index (χ1) is 15.2. The Bertz CT molecular complexity index is 1160. The molecule has 1 aliphatic rings. The van der Waals surface area contributed by atoms with E-state index in [1.54, 1.807) is 57.4 Å². The molecule has 1 aromatic carbocycles. The second kappa shape index (κ2) is 8.17. The number of nitrogens with one attached hydrogen (secondary N) is 2. The summed E-state index contributed by atoms with van der Waals surface area (Å²) in [4.78, 5) is 27.4. The molecule has 1 aliphatic heterocycles. The number of carbonyl (C=O) groups excluding carboxylic acids is 1. The highest BCUT2D eigenvalue weighted by Gasteiger charge is 2.28. The monoisotopic (exact) mass is 438 g/mol. The van der Waals surface area contributed by atoms with Crippen molar-refractivity contribution in [2.24, 2.45) is 0 Å². The van der Waals surface area contributed by atoms with Crippen molar-refractivity contribution in [1.82, 2.24) is 20.1 Å². The largest absolute Gasteiger partial charge is 0.491 e. The van der Waals surface area contributed by atoms with Crippen molar-refractivity contribution in [1.29, 1.82) is 0 Å². The number of ether oxygens (including phenoxy) is 2. The maximum Gasteiger partial charge on any atom is 0.408 e. The van der Waals surface area contributed by atoms with Gasteiger partial charge in [-0.25, -0.2) is 14.5 Å². The van der Waals surface area contributed by atoms with Gasteiger partial charge in [0, 0.05) is 35.8 Å². The van der Waals surface area contributed by atoms with E-state index in [0.29, 0.717) is 17.3 Å². The molecular weight excluding hydrogens is 416 g/mol. The van der Waals surface area contributed by atoms with Crippen LogP contribution in [0.4, 0.5) is 22.0 Å². The van der Waals surface area contributed by atoms with E-state index in [0.717, 1.165) is 5.56 Å². The normalized spacial score (nSPS) is 14.9. The zero-order chi connectivity index (χ0) is 22.9.